The van der Waals surface area contributed by atoms with E-state index in [1.807, 2.05) is 58.3 Å². The minimum Gasteiger partial charge on any atom is -0.334 e. The summed E-state index contributed by atoms with van der Waals surface area (Å²) in [6.07, 6.45) is 1.82. The van der Waals surface area contributed by atoms with Gasteiger partial charge < -0.3 is 4.90 Å². The smallest absolute Gasteiger partial charge is 0.254 e. The van der Waals surface area contributed by atoms with E-state index < -0.39 is 0 Å². The van der Waals surface area contributed by atoms with Crippen molar-refractivity contribution in [2.75, 3.05) is 7.05 Å². The van der Waals surface area contributed by atoms with Crippen LogP contribution in [0.15, 0.2) is 36.0 Å². The van der Waals surface area contributed by atoms with E-state index in [0.717, 1.165) is 27.0 Å². The molecule has 0 saturated heterocycles. The second kappa shape index (κ2) is 6.08. The van der Waals surface area contributed by atoms with Crippen LogP contribution in [-0.2, 0) is 0 Å². The van der Waals surface area contributed by atoms with Gasteiger partial charge in [-0.15, -0.1) is 11.3 Å². The number of benzene rings is 1. The molecule has 4 nitrogen and oxygen atoms in total. The van der Waals surface area contributed by atoms with Crippen LogP contribution in [0.4, 0.5) is 0 Å². The maximum atomic E-state index is 13.0. The lowest BCUT2D eigenvalue weighted by atomic mass is 10.0. The third kappa shape index (κ3) is 2.84. The van der Waals surface area contributed by atoms with Gasteiger partial charge in [0, 0.05) is 29.2 Å². The minimum absolute atomic E-state index is 0.00648. The van der Waals surface area contributed by atoms with E-state index in [0.29, 0.717) is 5.56 Å². The number of hydrogen-bond donors (Lipinski definition) is 0. The second-order valence-electron chi connectivity index (χ2n) is 5.78. The monoisotopic (exact) mass is 325 g/mol. The first kappa shape index (κ1) is 15.6. The molecule has 0 radical (unpaired) electrons. The lowest BCUT2D eigenvalue weighted by molar-refractivity contribution is 0.0746. The van der Waals surface area contributed by atoms with E-state index in [1.54, 1.807) is 21.7 Å². The zero-order chi connectivity index (χ0) is 16.6. The number of rotatable bonds is 3. The molecule has 0 unspecified atom stereocenters. The molecule has 0 aliphatic carbocycles. The van der Waals surface area contributed by atoms with Crippen molar-refractivity contribution < 1.29 is 4.79 Å². The van der Waals surface area contributed by atoms with Crippen molar-refractivity contribution in [3.63, 3.8) is 0 Å². The van der Waals surface area contributed by atoms with Gasteiger partial charge in [0.05, 0.1) is 22.6 Å². The summed E-state index contributed by atoms with van der Waals surface area (Å²) in [6.45, 7) is 5.97. The minimum atomic E-state index is -0.0108. The summed E-state index contributed by atoms with van der Waals surface area (Å²) in [6, 6.07) is 7.82. The molecule has 0 fully saturated rings. The van der Waals surface area contributed by atoms with Gasteiger partial charge in [-0.1, -0.05) is 18.2 Å². The third-order valence-corrected chi connectivity index (χ3v) is 5.11. The van der Waals surface area contributed by atoms with E-state index in [1.165, 1.54) is 0 Å². The predicted octanol–water partition coefficient (Wildman–Crippen LogP) is 4.14. The number of aryl methyl sites for hydroxylation is 2. The van der Waals surface area contributed by atoms with Crippen LogP contribution in [0.3, 0.4) is 0 Å². The van der Waals surface area contributed by atoms with Gasteiger partial charge >= 0.3 is 0 Å². The van der Waals surface area contributed by atoms with Crippen molar-refractivity contribution in [2.45, 2.75) is 26.8 Å². The molecule has 23 heavy (non-hydrogen) atoms. The largest absolute Gasteiger partial charge is 0.334 e. The first-order valence-corrected chi connectivity index (χ1v) is 8.39. The van der Waals surface area contributed by atoms with E-state index in [-0.39, 0.29) is 11.9 Å². The molecular weight excluding hydrogens is 306 g/mol. The van der Waals surface area contributed by atoms with Crippen LogP contribution >= 0.6 is 11.3 Å². The highest BCUT2D eigenvalue weighted by molar-refractivity contribution is 7.09. The molecule has 3 rings (SSSR count). The van der Waals surface area contributed by atoms with Crippen molar-refractivity contribution in [3.05, 3.63) is 57.7 Å². The molecule has 0 saturated carbocycles. The number of para-hydroxylation sites is 1. The third-order valence-electron chi connectivity index (χ3n) is 4.16. The predicted molar refractivity (Wildman–Crippen MR) is 93.8 cm³/mol. The molecule has 0 aliphatic rings. The first-order valence-electron chi connectivity index (χ1n) is 7.51. The Labute approximate surface area is 139 Å². The number of pyridine rings is 1. The molecule has 0 spiro atoms. The highest BCUT2D eigenvalue weighted by Crippen LogP contribution is 2.27. The van der Waals surface area contributed by atoms with E-state index in [4.69, 9.17) is 0 Å². The maximum absolute atomic E-state index is 13.0. The Morgan fingerprint density at radius 3 is 2.78 bits per heavy atom. The fourth-order valence-corrected chi connectivity index (χ4v) is 3.41. The highest BCUT2D eigenvalue weighted by Gasteiger charge is 2.22. The number of hydrogen-bond acceptors (Lipinski definition) is 4. The molecule has 1 atom stereocenters. The zero-order valence-electron chi connectivity index (χ0n) is 13.7. The number of carbonyl (C=O) groups excluding carboxylic acids is 1. The Morgan fingerprint density at radius 2 is 2.09 bits per heavy atom. The molecule has 118 valence electrons. The fourth-order valence-electron chi connectivity index (χ4n) is 2.69. The number of thiazole rings is 1. The average molecular weight is 325 g/mol. The van der Waals surface area contributed by atoms with Crippen LogP contribution < -0.4 is 0 Å². The fraction of sp³-hybridized carbons (Fsp3) is 0.278. The maximum Gasteiger partial charge on any atom is 0.254 e. The van der Waals surface area contributed by atoms with Gasteiger partial charge in [-0.05, 0) is 32.4 Å². The van der Waals surface area contributed by atoms with Gasteiger partial charge in [0.25, 0.3) is 5.91 Å². The molecule has 0 bridgehead atoms. The Kier molecular flexibility index (Phi) is 4.13. The number of amides is 1. The van der Waals surface area contributed by atoms with Gasteiger partial charge in [0.1, 0.15) is 0 Å². The standard InChI is InChI=1S/C18H19N3OS/c1-11-6-5-7-14-15(8-12(2)20-17(11)14)18(22)21(4)13(3)16-9-19-10-23-16/h5-10,13H,1-4H3/t13-/m0/s1. The lowest BCUT2D eigenvalue weighted by Gasteiger charge is -2.24. The summed E-state index contributed by atoms with van der Waals surface area (Å²) < 4.78 is 0. The summed E-state index contributed by atoms with van der Waals surface area (Å²) in [5, 5.41) is 0.906. The van der Waals surface area contributed by atoms with Gasteiger partial charge in [-0.2, -0.15) is 0 Å². The van der Waals surface area contributed by atoms with Crippen molar-refractivity contribution in [1.82, 2.24) is 14.9 Å². The lowest BCUT2D eigenvalue weighted by Crippen LogP contribution is -2.29. The van der Waals surface area contributed by atoms with Gasteiger partial charge in [0.2, 0.25) is 0 Å². The summed E-state index contributed by atoms with van der Waals surface area (Å²) >= 11 is 1.56. The zero-order valence-corrected chi connectivity index (χ0v) is 14.5. The summed E-state index contributed by atoms with van der Waals surface area (Å²) in [7, 11) is 1.84. The van der Waals surface area contributed by atoms with Gasteiger partial charge in [-0.25, -0.2) is 0 Å². The molecule has 0 aliphatic heterocycles. The van der Waals surface area contributed by atoms with E-state index in [2.05, 4.69) is 9.97 Å². The molecule has 1 amide bonds. The van der Waals surface area contributed by atoms with Crippen LogP contribution in [0.5, 0.6) is 0 Å². The van der Waals surface area contributed by atoms with E-state index in [9.17, 15) is 4.79 Å². The topological polar surface area (TPSA) is 46.1 Å². The number of carbonyl (C=O) groups is 1. The second-order valence-corrected chi connectivity index (χ2v) is 6.70. The molecule has 3 aromatic rings. The van der Waals surface area contributed by atoms with Crippen LogP contribution in [0.25, 0.3) is 10.9 Å². The van der Waals surface area contributed by atoms with Gasteiger partial charge in [0.15, 0.2) is 0 Å². The van der Waals surface area contributed by atoms with Crippen molar-refractivity contribution in [2.24, 2.45) is 0 Å². The Morgan fingerprint density at radius 1 is 1.30 bits per heavy atom. The van der Waals surface area contributed by atoms with Crippen molar-refractivity contribution in [1.29, 1.82) is 0 Å². The van der Waals surface area contributed by atoms with Crippen molar-refractivity contribution in [3.8, 4) is 0 Å². The van der Waals surface area contributed by atoms with Gasteiger partial charge in [-0.3, -0.25) is 14.8 Å². The molecule has 1 aromatic carbocycles. The SMILES string of the molecule is Cc1cc(C(=O)N(C)[C@@H](C)c2cncs2)c2cccc(C)c2n1. The number of aromatic nitrogens is 2. The Hall–Kier alpha value is -2.27. The van der Waals surface area contributed by atoms with Crippen LogP contribution in [0, 0.1) is 13.8 Å². The average Bonchev–Trinajstić information content (AvgIpc) is 3.07. The number of nitrogens with zero attached hydrogens (tertiary/aromatic N) is 3. The molecule has 5 heteroatoms. The molecule has 2 heterocycles. The van der Waals surface area contributed by atoms with E-state index >= 15 is 0 Å². The summed E-state index contributed by atoms with van der Waals surface area (Å²) in [4.78, 5) is 24.6. The normalized spacial score (nSPS) is 12.3. The van der Waals surface area contributed by atoms with Crippen LogP contribution in [0.2, 0.25) is 0 Å². The summed E-state index contributed by atoms with van der Waals surface area (Å²) in [5.41, 5.74) is 5.33. The summed E-state index contributed by atoms with van der Waals surface area (Å²) in [5.74, 6) is 0.00648. The molecular formula is C18H19N3OS. The Balaban J connectivity index is 2.06. The molecule has 2 aromatic heterocycles. The highest BCUT2D eigenvalue weighted by atomic mass is 32.1. The van der Waals surface area contributed by atoms with Crippen LogP contribution in [0.1, 0.15) is 39.5 Å². The quantitative estimate of drug-likeness (QED) is 0.727. The van der Waals surface area contributed by atoms with Crippen molar-refractivity contribution >= 4 is 28.1 Å². The first-order chi connectivity index (χ1) is 11.0. The van der Waals surface area contributed by atoms with Crippen LogP contribution in [-0.4, -0.2) is 27.8 Å². The Bertz CT molecular complexity index is 858. The number of fused-ring (bicyclic) bond motifs is 1. The molecule has 0 N–H and O–H groups in total.